The Labute approximate surface area is 161 Å². The minimum atomic E-state index is -4.38. The highest BCUT2D eigenvalue weighted by Crippen LogP contribution is 2.53. The van der Waals surface area contributed by atoms with E-state index in [1.165, 1.54) is 25.1 Å². The van der Waals surface area contributed by atoms with Gasteiger partial charge < -0.3 is 4.74 Å². The van der Waals surface area contributed by atoms with E-state index in [1.807, 2.05) is 6.92 Å². The molecule has 2 spiro atoms. The smallest absolute Gasteiger partial charge is 0.380 e. The summed E-state index contributed by atoms with van der Waals surface area (Å²) in [5, 5.41) is 0. The lowest BCUT2D eigenvalue weighted by Crippen LogP contribution is -2.74. The average Bonchev–Trinajstić information content (AvgIpc) is 2.46. The van der Waals surface area contributed by atoms with Crippen LogP contribution in [-0.4, -0.2) is 59.6 Å². The first-order valence-corrected chi connectivity index (χ1v) is 10.4. The van der Waals surface area contributed by atoms with Gasteiger partial charge in [0.1, 0.15) is 5.69 Å². The third kappa shape index (κ3) is 3.09. The van der Waals surface area contributed by atoms with Gasteiger partial charge in [0, 0.05) is 54.1 Å². The monoisotopic (exact) mass is 399 g/mol. The van der Waals surface area contributed by atoms with Crippen molar-refractivity contribution in [2.45, 2.75) is 43.3 Å². The average molecular weight is 399 g/mol. The van der Waals surface area contributed by atoms with Gasteiger partial charge in [-0.3, -0.25) is 9.88 Å². The van der Waals surface area contributed by atoms with Crippen LogP contribution in [0.15, 0.2) is 17.2 Å². The standard InChI is InChI=1S/C19H24F3N3OS/c1-2-13-3-16(19(20,21)22)23-6-15(13)27-25-9-18(10-25)7-24(8-18)14-4-17(5-14)11-26-12-17/h3,6,14H,2,4-5,7-12H2,1H3. The van der Waals surface area contributed by atoms with Crippen LogP contribution in [0.1, 0.15) is 31.0 Å². The molecule has 8 heteroatoms. The minimum absolute atomic E-state index is 0.400. The number of ether oxygens (including phenoxy) is 1. The maximum absolute atomic E-state index is 12.8. The number of nitrogens with zero attached hydrogens (tertiary/aromatic N) is 3. The first kappa shape index (κ1) is 18.2. The maximum Gasteiger partial charge on any atom is 0.433 e. The minimum Gasteiger partial charge on any atom is -0.380 e. The summed E-state index contributed by atoms with van der Waals surface area (Å²) in [5.41, 5.74) is 0.841. The number of likely N-dealkylation sites (tertiary alicyclic amines) is 1. The highest BCUT2D eigenvalue weighted by Gasteiger charge is 2.58. The Kier molecular flexibility index (Phi) is 4.10. The van der Waals surface area contributed by atoms with Gasteiger partial charge in [0.25, 0.3) is 0 Å². The van der Waals surface area contributed by atoms with Gasteiger partial charge >= 0.3 is 6.18 Å². The molecule has 0 amide bonds. The largest absolute Gasteiger partial charge is 0.433 e. The number of hydrogen-bond acceptors (Lipinski definition) is 5. The topological polar surface area (TPSA) is 28.6 Å². The quantitative estimate of drug-likeness (QED) is 0.723. The molecule has 3 saturated heterocycles. The molecule has 4 nitrogen and oxygen atoms in total. The second-order valence-electron chi connectivity index (χ2n) is 8.88. The van der Waals surface area contributed by atoms with Crippen LogP contribution in [0.3, 0.4) is 0 Å². The van der Waals surface area contributed by atoms with E-state index >= 15 is 0 Å². The summed E-state index contributed by atoms with van der Waals surface area (Å²) in [7, 11) is 0. The highest BCUT2D eigenvalue weighted by molar-refractivity contribution is 7.97. The van der Waals surface area contributed by atoms with Gasteiger partial charge in [0.05, 0.1) is 13.2 Å². The van der Waals surface area contributed by atoms with E-state index in [0.717, 1.165) is 55.9 Å². The molecule has 1 aliphatic carbocycles. The van der Waals surface area contributed by atoms with Crippen molar-refractivity contribution in [3.63, 3.8) is 0 Å². The highest BCUT2D eigenvalue weighted by atomic mass is 32.2. The van der Waals surface area contributed by atoms with E-state index in [0.29, 0.717) is 17.3 Å². The van der Waals surface area contributed by atoms with E-state index in [9.17, 15) is 13.2 Å². The van der Waals surface area contributed by atoms with Crippen LogP contribution in [0.25, 0.3) is 0 Å². The van der Waals surface area contributed by atoms with E-state index in [4.69, 9.17) is 4.74 Å². The van der Waals surface area contributed by atoms with Gasteiger partial charge in [-0.05, 0) is 42.8 Å². The summed E-state index contributed by atoms with van der Waals surface area (Å²) in [6.45, 7) is 8.15. The third-order valence-electron chi connectivity index (χ3n) is 6.62. The fourth-order valence-corrected chi connectivity index (χ4v) is 6.38. The molecule has 1 aromatic rings. The number of rotatable bonds is 4. The molecule has 0 aromatic carbocycles. The normalized spacial score (nSPS) is 27.1. The van der Waals surface area contributed by atoms with Gasteiger partial charge in [-0.2, -0.15) is 13.2 Å². The lowest BCUT2D eigenvalue weighted by molar-refractivity contribution is -0.211. The number of aromatic nitrogens is 1. The molecule has 0 unspecified atom stereocenters. The van der Waals surface area contributed by atoms with Crippen molar-refractivity contribution in [3.05, 3.63) is 23.5 Å². The summed E-state index contributed by atoms with van der Waals surface area (Å²) < 4.78 is 46.2. The van der Waals surface area contributed by atoms with Gasteiger partial charge in [-0.25, -0.2) is 4.31 Å². The zero-order valence-corrected chi connectivity index (χ0v) is 16.2. The van der Waals surface area contributed by atoms with Crippen molar-refractivity contribution in [1.82, 2.24) is 14.2 Å². The van der Waals surface area contributed by atoms with Crippen LogP contribution < -0.4 is 0 Å². The number of pyridine rings is 1. The van der Waals surface area contributed by atoms with Crippen LogP contribution in [0.4, 0.5) is 13.2 Å². The number of alkyl halides is 3. The second kappa shape index (κ2) is 6.08. The summed E-state index contributed by atoms with van der Waals surface area (Å²) in [6, 6.07) is 1.94. The molecule has 148 valence electrons. The number of hydrogen-bond donors (Lipinski definition) is 0. The first-order valence-electron chi connectivity index (χ1n) is 9.61. The predicted molar refractivity (Wildman–Crippen MR) is 96.3 cm³/mol. The Morgan fingerprint density at radius 3 is 2.44 bits per heavy atom. The molecule has 0 N–H and O–H groups in total. The Morgan fingerprint density at radius 2 is 1.89 bits per heavy atom. The van der Waals surface area contributed by atoms with Crippen molar-refractivity contribution in [3.8, 4) is 0 Å². The molecular weight excluding hydrogens is 375 g/mol. The molecule has 1 saturated carbocycles. The molecule has 1 aromatic heterocycles. The SMILES string of the molecule is CCc1cc(C(F)(F)F)ncc1SN1CC2(C1)CN(C1CC3(COC3)C1)C2. The molecule has 27 heavy (non-hydrogen) atoms. The lowest BCUT2D eigenvalue weighted by Gasteiger charge is -2.66. The van der Waals surface area contributed by atoms with Gasteiger partial charge in [0.2, 0.25) is 0 Å². The van der Waals surface area contributed by atoms with Crippen molar-refractivity contribution in [2.75, 3.05) is 39.4 Å². The van der Waals surface area contributed by atoms with Crippen LogP contribution in [0.2, 0.25) is 0 Å². The molecule has 0 radical (unpaired) electrons. The lowest BCUT2D eigenvalue weighted by atomic mass is 9.61. The first-order chi connectivity index (χ1) is 12.8. The summed E-state index contributed by atoms with van der Waals surface area (Å²) in [5.74, 6) is 0. The molecule has 3 aliphatic heterocycles. The van der Waals surface area contributed by atoms with E-state index in [2.05, 4.69) is 14.2 Å². The Hall–Kier alpha value is -0.830. The number of aryl methyl sites for hydroxylation is 1. The Balaban J connectivity index is 1.13. The molecule has 4 fully saturated rings. The third-order valence-corrected chi connectivity index (χ3v) is 7.70. The van der Waals surface area contributed by atoms with Crippen molar-refractivity contribution >= 4 is 11.9 Å². The number of halogens is 3. The molecular formula is C19H24F3N3OS. The van der Waals surface area contributed by atoms with E-state index < -0.39 is 11.9 Å². The molecule has 0 bridgehead atoms. The second-order valence-corrected chi connectivity index (χ2v) is 10.0. The predicted octanol–water partition coefficient (Wildman–Crippen LogP) is 3.47. The maximum atomic E-state index is 12.8. The van der Waals surface area contributed by atoms with Crippen LogP contribution in [0, 0.1) is 10.8 Å². The van der Waals surface area contributed by atoms with Crippen LogP contribution in [0.5, 0.6) is 0 Å². The Morgan fingerprint density at radius 1 is 1.19 bits per heavy atom. The van der Waals surface area contributed by atoms with Gasteiger partial charge in [0.15, 0.2) is 0 Å². The fraction of sp³-hybridized carbons (Fsp3) is 0.737. The molecule has 4 heterocycles. The van der Waals surface area contributed by atoms with Crippen LogP contribution >= 0.6 is 11.9 Å². The molecule has 0 atom stereocenters. The van der Waals surface area contributed by atoms with Gasteiger partial charge in [-0.1, -0.05) is 6.92 Å². The van der Waals surface area contributed by atoms with Crippen molar-refractivity contribution < 1.29 is 17.9 Å². The van der Waals surface area contributed by atoms with E-state index in [1.54, 1.807) is 11.9 Å². The van der Waals surface area contributed by atoms with E-state index in [-0.39, 0.29) is 0 Å². The van der Waals surface area contributed by atoms with Crippen LogP contribution in [-0.2, 0) is 17.3 Å². The molecule has 4 aliphatic rings. The van der Waals surface area contributed by atoms with Crippen molar-refractivity contribution in [2.24, 2.45) is 10.8 Å². The molecule has 5 rings (SSSR count). The van der Waals surface area contributed by atoms with Gasteiger partial charge in [-0.15, -0.1) is 0 Å². The summed E-state index contributed by atoms with van der Waals surface area (Å²) in [4.78, 5) is 7.09. The fourth-order valence-electron chi connectivity index (χ4n) is 5.00. The Bertz CT molecular complexity index is 730. The summed E-state index contributed by atoms with van der Waals surface area (Å²) in [6.07, 6.45) is 0.166. The zero-order valence-electron chi connectivity index (χ0n) is 15.4. The summed E-state index contributed by atoms with van der Waals surface area (Å²) >= 11 is 1.56. The zero-order chi connectivity index (χ0) is 18.9. The van der Waals surface area contributed by atoms with Crippen molar-refractivity contribution in [1.29, 1.82) is 0 Å².